The Balaban J connectivity index is 2.02. The Morgan fingerprint density at radius 2 is 2.00 bits per heavy atom. The van der Waals surface area contributed by atoms with E-state index in [1.165, 1.54) is 12.1 Å². The summed E-state index contributed by atoms with van der Waals surface area (Å²) in [5, 5.41) is 32.8. The molecule has 0 radical (unpaired) electrons. The SMILES string of the molecule is N=C1c2ccccc2NC(c2cccc([N+](=O)[O-])c2)N1O. The Hall–Kier alpha value is -2.93. The highest BCUT2D eigenvalue weighted by molar-refractivity contribution is 6.02. The fourth-order valence-corrected chi connectivity index (χ4v) is 2.31. The minimum Gasteiger partial charge on any atom is -0.359 e. The molecule has 1 unspecified atom stereocenters. The van der Waals surface area contributed by atoms with Crippen LogP contribution in [-0.4, -0.2) is 21.0 Å². The van der Waals surface area contributed by atoms with Crippen molar-refractivity contribution in [2.75, 3.05) is 5.32 Å². The van der Waals surface area contributed by atoms with E-state index in [9.17, 15) is 15.3 Å². The molecule has 3 rings (SSSR count). The van der Waals surface area contributed by atoms with Gasteiger partial charge in [-0.2, -0.15) is 0 Å². The monoisotopic (exact) mass is 284 g/mol. The van der Waals surface area contributed by atoms with Crippen LogP contribution in [0.4, 0.5) is 11.4 Å². The third-order valence-corrected chi connectivity index (χ3v) is 3.34. The predicted molar refractivity (Wildman–Crippen MR) is 76.4 cm³/mol. The molecular formula is C14H12N4O3. The van der Waals surface area contributed by atoms with Crippen molar-refractivity contribution in [2.45, 2.75) is 6.17 Å². The van der Waals surface area contributed by atoms with Crippen molar-refractivity contribution >= 4 is 17.2 Å². The van der Waals surface area contributed by atoms with Crippen molar-refractivity contribution in [3.05, 3.63) is 69.8 Å². The van der Waals surface area contributed by atoms with Crippen LogP contribution >= 0.6 is 0 Å². The highest BCUT2D eigenvalue weighted by Crippen LogP contribution is 2.32. The summed E-state index contributed by atoms with van der Waals surface area (Å²) < 4.78 is 0. The number of rotatable bonds is 2. The number of amidine groups is 1. The summed E-state index contributed by atoms with van der Waals surface area (Å²) in [5.41, 5.74) is 1.71. The number of para-hydroxylation sites is 1. The number of nitro benzene ring substituents is 1. The second-order valence-electron chi connectivity index (χ2n) is 4.64. The molecule has 7 heteroatoms. The van der Waals surface area contributed by atoms with Gasteiger partial charge in [0.2, 0.25) is 0 Å². The summed E-state index contributed by atoms with van der Waals surface area (Å²) in [5.74, 6) is -0.0548. The number of hydroxylamine groups is 2. The van der Waals surface area contributed by atoms with Crippen LogP contribution in [0.1, 0.15) is 17.3 Å². The van der Waals surface area contributed by atoms with Gasteiger partial charge in [0, 0.05) is 28.9 Å². The fraction of sp³-hybridized carbons (Fsp3) is 0.0714. The highest BCUT2D eigenvalue weighted by Gasteiger charge is 2.30. The summed E-state index contributed by atoms with van der Waals surface area (Å²) >= 11 is 0. The van der Waals surface area contributed by atoms with E-state index in [0.717, 1.165) is 5.06 Å². The first-order chi connectivity index (χ1) is 10.1. The first kappa shape index (κ1) is 13.1. The highest BCUT2D eigenvalue weighted by atomic mass is 16.6. The lowest BCUT2D eigenvalue weighted by atomic mass is 10.0. The second kappa shape index (κ2) is 4.88. The number of non-ortho nitro benzene ring substituents is 1. The van der Waals surface area contributed by atoms with Crippen LogP contribution in [0.2, 0.25) is 0 Å². The number of hydrogen-bond acceptors (Lipinski definition) is 5. The van der Waals surface area contributed by atoms with E-state index < -0.39 is 11.1 Å². The lowest BCUT2D eigenvalue weighted by molar-refractivity contribution is -0.385. The molecule has 2 aromatic rings. The number of fused-ring (bicyclic) bond motifs is 1. The van der Waals surface area contributed by atoms with Crippen molar-refractivity contribution in [3.63, 3.8) is 0 Å². The minimum atomic E-state index is -0.743. The molecule has 106 valence electrons. The van der Waals surface area contributed by atoms with Crippen LogP contribution in [0.15, 0.2) is 48.5 Å². The normalized spacial score (nSPS) is 17.1. The number of hydrogen-bond donors (Lipinski definition) is 3. The molecule has 0 fully saturated rings. The maximum Gasteiger partial charge on any atom is 0.269 e. The fourth-order valence-electron chi connectivity index (χ4n) is 2.31. The molecule has 1 aliphatic rings. The smallest absolute Gasteiger partial charge is 0.269 e. The maximum atomic E-state index is 10.8. The Bertz CT molecular complexity index is 732. The third kappa shape index (κ3) is 2.19. The van der Waals surface area contributed by atoms with Crippen molar-refractivity contribution in [3.8, 4) is 0 Å². The minimum absolute atomic E-state index is 0.0548. The molecule has 0 amide bonds. The first-order valence-electron chi connectivity index (χ1n) is 6.25. The molecule has 0 aromatic heterocycles. The van der Waals surface area contributed by atoms with Gasteiger partial charge in [0.15, 0.2) is 12.0 Å². The first-order valence-corrected chi connectivity index (χ1v) is 6.25. The lowest BCUT2D eigenvalue weighted by Crippen LogP contribution is -2.40. The zero-order chi connectivity index (χ0) is 15.0. The van der Waals surface area contributed by atoms with E-state index in [4.69, 9.17) is 5.41 Å². The molecule has 1 aliphatic heterocycles. The zero-order valence-corrected chi connectivity index (χ0v) is 10.9. The van der Waals surface area contributed by atoms with E-state index in [1.54, 1.807) is 30.3 Å². The van der Waals surface area contributed by atoms with E-state index in [2.05, 4.69) is 5.32 Å². The van der Waals surface area contributed by atoms with Gasteiger partial charge in [-0.3, -0.25) is 20.7 Å². The van der Waals surface area contributed by atoms with Gasteiger partial charge in [-0.15, -0.1) is 0 Å². The number of nitrogens with one attached hydrogen (secondary N) is 2. The summed E-state index contributed by atoms with van der Waals surface area (Å²) in [4.78, 5) is 10.4. The number of nitro groups is 1. The number of anilines is 1. The summed E-state index contributed by atoms with van der Waals surface area (Å²) in [6.07, 6.45) is -0.743. The predicted octanol–water partition coefficient (Wildman–Crippen LogP) is 2.74. The Morgan fingerprint density at radius 3 is 2.76 bits per heavy atom. The zero-order valence-electron chi connectivity index (χ0n) is 10.9. The van der Waals surface area contributed by atoms with Gasteiger partial charge < -0.3 is 5.32 Å². The Labute approximate surface area is 120 Å². The Kier molecular flexibility index (Phi) is 3.03. The van der Waals surface area contributed by atoms with E-state index in [-0.39, 0.29) is 11.5 Å². The Morgan fingerprint density at radius 1 is 1.24 bits per heavy atom. The lowest BCUT2D eigenvalue weighted by Gasteiger charge is -2.35. The maximum absolute atomic E-state index is 10.8. The van der Waals surface area contributed by atoms with Gasteiger partial charge in [0.1, 0.15) is 0 Å². The average molecular weight is 284 g/mol. The van der Waals surface area contributed by atoms with Crippen LogP contribution in [0.3, 0.4) is 0 Å². The topological polar surface area (TPSA) is 102 Å². The molecule has 3 N–H and O–H groups in total. The molecule has 21 heavy (non-hydrogen) atoms. The largest absolute Gasteiger partial charge is 0.359 e. The van der Waals surface area contributed by atoms with E-state index in [1.807, 2.05) is 6.07 Å². The van der Waals surface area contributed by atoms with Crippen molar-refractivity contribution < 1.29 is 10.1 Å². The van der Waals surface area contributed by atoms with Gasteiger partial charge >= 0.3 is 0 Å². The van der Waals surface area contributed by atoms with Crippen molar-refractivity contribution in [1.29, 1.82) is 5.41 Å². The molecule has 0 aliphatic carbocycles. The van der Waals surface area contributed by atoms with Crippen molar-refractivity contribution in [1.82, 2.24) is 5.06 Å². The van der Waals surface area contributed by atoms with E-state index >= 15 is 0 Å². The number of benzene rings is 2. The van der Waals surface area contributed by atoms with Crippen molar-refractivity contribution in [2.24, 2.45) is 0 Å². The molecule has 7 nitrogen and oxygen atoms in total. The van der Waals surface area contributed by atoms with Gasteiger partial charge in [0.25, 0.3) is 5.69 Å². The number of nitrogens with zero attached hydrogens (tertiary/aromatic N) is 2. The van der Waals surface area contributed by atoms with Gasteiger partial charge in [-0.25, -0.2) is 5.06 Å². The third-order valence-electron chi connectivity index (χ3n) is 3.34. The standard InChI is InChI=1S/C14H12N4O3/c15-13-11-6-1-2-7-12(11)16-14(17(13)19)9-4-3-5-10(8-9)18(20)21/h1-8,14-16,19H. The molecular weight excluding hydrogens is 272 g/mol. The quantitative estimate of drug-likeness (QED) is 0.581. The molecule has 0 saturated carbocycles. The van der Waals surface area contributed by atoms with Crippen LogP contribution in [0.5, 0.6) is 0 Å². The molecule has 0 spiro atoms. The molecule has 0 bridgehead atoms. The van der Waals surface area contributed by atoms with Crippen LogP contribution in [-0.2, 0) is 0 Å². The van der Waals surface area contributed by atoms with Crippen LogP contribution in [0.25, 0.3) is 0 Å². The molecule has 0 saturated heterocycles. The molecule has 1 heterocycles. The van der Waals surface area contributed by atoms with E-state index in [0.29, 0.717) is 16.8 Å². The average Bonchev–Trinajstić information content (AvgIpc) is 2.51. The van der Waals surface area contributed by atoms with Crippen LogP contribution < -0.4 is 5.32 Å². The van der Waals surface area contributed by atoms with Gasteiger partial charge in [-0.05, 0) is 12.1 Å². The summed E-state index contributed by atoms with van der Waals surface area (Å²) in [6.45, 7) is 0. The summed E-state index contributed by atoms with van der Waals surface area (Å²) in [7, 11) is 0. The van der Waals surface area contributed by atoms with Gasteiger partial charge in [0.05, 0.1) is 4.92 Å². The summed E-state index contributed by atoms with van der Waals surface area (Å²) in [6, 6.07) is 13.1. The second-order valence-corrected chi connectivity index (χ2v) is 4.64. The van der Waals surface area contributed by atoms with Gasteiger partial charge in [-0.1, -0.05) is 24.3 Å². The molecule has 2 aromatic carbocycles. The molecule has 1 atom stereocenters. The van der Waals surface area contributed by atoms with Crippen LogP contribution in [0, 0.1) is 15.5 Å².